The van der Waals surface area contributed by atoms with Gasteiger partial charge in [0.1, 0.15) is 11.4 Å². The fourth-order valence-electron chi connectivity index (χ4n) is 3.34. The molecule has 1 N–H and O–H groups in total. The predicted octanol–water partition coefficient (Wildman–Crippen LogP) is 5.09. The Hall–Kier alpha value is -1.76. The van der Waals surface area contributed by atoms with Gasteiger partial charge < -0.3 is 19.5 Å². The Labute approximate surface area is 175 Å². The van der Waals surface area contributed by atoms with Crippen molar-refractivity contribution in [3.8, 4) is 5.75 Å². The second-order valence-corrected chi connectivity index (χ2v) is 9.07. The topological polar surface area (TPSA) is 73.9 Å². The van der Waals surface area contributed by atoms with Crippen LogP contribution in [0.4, 0.5) is 4.79 Å². The molecular formula is C21H30BrNO5. The van der Waals surface area contributed by atoms with Gasteiger partial charge in [0.25, 0.3) is 0 Å². The Balaban J connectivity index is 1.88. The van der Waals surface area contributed by atoms with E-state index in [2.05, 4.69) is 21.2 Å². The van der Waals surface area contributed by atoms with Crippen LogP contribution in [0.3, 0.4) is 0 Å². The molecule has 156 valence electrons. The second kappa shape index (κ2) is 9.63. The quantitative estimate of drug-likeness (QED) is 0.625. The highest BCUT2D eigenvalue weighted by molar-refractivity contribution is 9.10. The number of nitrogens with one attached hydrogen (secondary N) is 1. The molecule has 28 heavy (non-hydrogen) atoms. The number of rotatable bonds is 5. The van der Waals surface area contributed by atoms with Crippen molar-refractivity contribution in [3.05, 3.63) is 28.2 Å². The molecule has 1 aromatic rings. The molecule has 0 saturated heterocycles. The highest BCUT2D eigenvalue weighted by atomic mass is 79.9. The fourth-order valence-corrected chi connectivity index (χ4v) is 3.68. The van der Waals surface area contributed by atoms with Gasteiger partial charge in [-0.15, -0.1) is 0 Å². The molecule has 6 nitrogen and oxygen atoms in total. The summed E-state index contributed by atoms with van der Waals surface area (Å²) in [7, 11) is 1.36. The van der Waals surface area contributed by atoms with Crippen LogP contribution in [0, 0.1) is 5.92 Å². The van der Waals surface area contributed by atoms with Crippen LogP contribution < -0.4 is 10.1 Å². The van der Waals surface area contributed by atoms with E-state index < -0.39 is 11.6 Å². The molecule has 0 spiro atoms. The van der Waals surface area contributed by atoms with Gasteiger partial charge in [0.05, 0.1) is 23.2 Å². The molecule has 1 aliphatic carbocycles. The zero-order chi connectivity index (χ0) is 20.9. The molecule has 0 bridgehead atoms. The minimum absolute atomic E-state index is 0.00771. The Morgan fingerprint density at radius 1 is 1.18 bits per heavy atom. The monoisotopic (exact) mass is 455 g/mol. The van der Waals surface area contributed by atoms with Crippen molar-refractivity contribution >= 4 is 28.0 Å². The van der Waals surface area contributed by atoms with Crippen LogP contribution in [-0.2, 0) is 9.47 Å². The Bertz CT molecular complexity index is 693. The van der Waals surface area contributed by atoms with Crippen molar-refractivity contribution in [1.29, 1.82) is 0 Å². The standard InChI is InChI=1S/C21H30BrNO5/c1-13(27-18-12-15(19(24)26-5)8-11-17(18)22)14-6-9-16(10-7-14)23-20(25)28-21(2,3)4/h8,11-14,16H,6-7,9-10H2,1-5H3,(H,23,25)/t13?,14-,16-. The smallest absolute Gasteiger partial charge is 0.407 e. The van der Waals surface area contributed by atoms with E-state index in [1.54, 1.807) is 18.2 Å². The number of ether oxygens (including phenoxy) is 3. The van der Waals surface area contributed by atoms with Gasteiger partial charge in [-0.3, -0.25) is 0 Å². The number of alkyl carbamates (subject to hydrolysis) is 1. The molecule has 0 aliphatic heterocycles. The number of amides is 1. The van der Waals surface area contributed by atoms with Gasteiger partial charge in [0, 0.05) is 6.04 Å². The molecule has 0 radical (unpaired) electrons. The number of carbonyl (C=O) groups excluding carboxylic acids is 2. The molecule has 1 aromatic carbocycles. The van der Waals surface area contributed by atoms with E-state index in [0.717, 1.165) is 30.2 Å². The number of halogens is 1. The van der Waals surface area contributed by atoms with Crippen LogP contribution >= 0.6 is 15.9 Å². The first kappa shape index (κ1) is 22.5. The van der Waals surface area contributed by atoms with Gasteiger partial charge in [-0.2, -0.15) is 0 Å². The summed E-state index contributed by atoms with van der Waals surface area (Å²) >= 11 is 3.48. The van der Waals surface area contributed by atoms with Gasteiger partial charge in [0.2, 0.25) is 0 Å². The zero-order valence-electron chi connectivity index (χ0n) is 17.2. The number of hydrogen-bond acceptors (Lipinski definition) is 5. The summed E-state index contributed by atoms with van der Waals surface area (Å²) in [6.07, 6.45) is 3.32. The highest BCUT2D eigenvalue weighted by Gasteiger charge is 2.28. The van der Waals surface area contributed by atoms with Crippen LogP contribution in [-0.4, -0.2) is 36.9 Å². The first-order valence-corrected chi connectivity index (χ1v) is 10.4. The maximum atomic E-state index is 11.9. The van der Waals surface area contributed by atoms with E-state index in [9.17, 15) is 9.59 Å². The molecule has 1 atom stereocenters. The average Bonchev–Trinajstić information content (AvgIpc) is 2.61. The number of hydrogen-bond donors (Lipinski definition) is 1. The van der Waals surface area contributed by atoms with Crippen LogP contribution in [0.2, 0.25) is 0 Å². The second-order valence-electron chi connectivity index (χ2n) is 8.22. The van der Waals surface area contributed by atoms with Crippen LogP contribution in [0.25, 0.3) is 0 Å². The van der Waals surface area contributed by atoms with Crippen molar-refractivity contribution in [2.24, 2.45) is 5.92 Å². The van der Waals surface area contributed by atoms with Gasteiger partial charge in [-0.25, -0.2) is 9.59 Å². The third-order valence-corrected chi connectivity index (χ3v) is 5.48. The Kier molecular flexibility index (Phi) is 7.75. The maximum absolute atomic E-state index is 11.9. The highest BCUT2D eigenvalue weighted by Crippen LogP contribution is 2.33. The van der Waals surface area contributed by atoms with Gasteiger partial charge in [0.15, 0.2) is 0 Å². The molecule has 1 amide bonds. The third-order valence-electron chi connectivity index (χ3n) is 4.82. The minimum atomic E-state index is -0.490. The fraction of sp³-hybridized carbons (Fsp3) is 0.619. The van der Waals surface area contributed by atoms with E-state index in [4.69, 9.17) is 14.2 Å². The molecule has 7 heteroatoms. The summed E-state index contributed by atoms with van der Waals surface area (Å²) in [5, 5.41) is 2.96. The van der Waals surface area contributed by atoms with Gasteiger partial charge >= 0.3 is 12.1 Å². The first-order chi connectivity index (χ1) is 13.1. The van der Waals surface area contributed by atoms with Crippen molar-refractivity contribution in [1.82, 2.24) is 5.32 Å². The van der Waals surface area contributed by atoms with Gasteiger partial charge in [-0.1, -0.05) is 0 Å². The lowest BCUT2D eigenvalue weighted by Crippen LogP contribution is -2.42. The van der Waals surface area contributed by atoms with Crippen molar-refractivity contribution < 1.29 is 23.8 Å². The van der Waals surface area contributed by atoms with E-state index in [1.807, 2.05) is 27.7 Å². The SMILES string of the molecule is COC(=O)c1ccc(Br)c(OC(C)[C@H]2CC[C@H](NC(=O)OC(C)(C)C)CC2)c1. The Morgan fingerprint density at radius 3 is 2.39 bits per heavy atom. The lowest BCUT2D eigenvalue weighted by atomic mass is 9.83. The molecule has 1 fully saturated rings. The van der Waals surface area contributed by atoms with Crippen molar-refractivity contribution in [2.45, 2.75) is 71.1 Å². The van der Waals surface area contributed by atoms with E-state index in [1.165, 1.54) is 7.11 Å². The van der Waals surface area contributed by atoms with E-state index >= 15 is 0 Å². The average molecular weight is 456 g/mol. The van der Waals surface area contributed by atoms with Gasteiger partial charge in [-0.05, 0) is 93.4 Å². The van der Waals surface area contributed by atoms with E-state index in [0.29, 0.717) is 17.2 Å². The number of methoxy groups -OCH3 is 1. The summed E-state index contributed by atoms with van der Waals surface area (Å²) in [5.74, 6) is 0.619. The van der Waals surface area contributed by atoms with E-state index in [-0.39, 0.29) is 18.2 Å². The summed E-state index contributed by atoms with van der Waals surface area (Å²) in [5.41, 5.74) is -0.0337. The summed E-state index contributed by atoms with van der Waals surface area (Å²) in [6.45, 7) is 7.62. The summed E-state index contributed by atoms with van der Waals surface area (Å²) in [6, 6.07) is 5.31. The minimum Gasteiger partial charge on any atom is -0.489 e. The van der Waals surface area contributed by atoms with Crippen LogP contribution in [0.5, 0.6) is 5.75 Å². The van der Waals surface area contributed by atoms with Crippen LogP contribution in [0.15, 0.2) is 22.7 Å². The molecule has 1 aliphatic rings. The van der Waals surface area contributed by atoms with Crippen molar-refractivity contribution in [2.75, 3.05) is 7.11 Å². The van der Waals surface area contributed by atoms with Crippen molar-refractivity contribution in [3.63, 3.8) is 0 Å². The molecule has 2 rings (SSSR count). The molecule has 0 heterocycles. The third kappa shape index (κ3) is 6.69. The lowest BCUT2D eigenvalue weighted by Gasteiger charge is -2.33. The zero-order valence-corrected chi connectivity index (χ0v) is 18.8. The molecular weight excluding hydrogens is 426 g/mol. The first-order valence-electron chi connectivity index (χ1n) is 9.63. The number of benzene rings is 1. The Morgan fingerprint density at radius 2 is 1.82 bits per heavy atom. The predicted molar refractivity (Wildman–Crippen MR) is 111 cm³/mol. The number of carbonyl (C=O) groups is 2. The number of esters is 1. The largest absolute Gasteiger partial charge is 0.489 e. The molecule has 1 unspecified atom stereocenters. The normalized spacial score (nSPS) is 20.8. The molecule has 1 saturated carbocycles. The lowest BCUT2D eigenvalue weighted by molar-refractivity contribution is 0.0469. The maximum Gasteiger partial charge on any atom is 0.407 e. The molecule has 0 aromatic heterocycles. The summed E-state index contributed by atoms with van der Waals surface area (Å²) < 4.78 is 17.0. The summed E-state index contributed by atoms with van der Waals surface area (Å²) in [4.78, 5) is 23.7. The van der Waals surface area contributed by atoms with Crippen LogP contribution in [0.1, 0.15) is 63.7 Å².